The fraction of sp³-hybridized carbons (Fsp3) is 0.625. The van der Waals surface area contributed by atoms with Crippen LogP contribution in [0.1, 0.15) is 53.4 Å². The maximum atomic E-state index is 4.29. The van der Waals surface area contributed by atoms with Crippen LogP contribution in [0.3, 0.4) is 0 Å². The summed E-state index contributed by atoms with van der Waals surface area (Å²) in [5.74, 6) is 0. The predicted octanol–water partition coefficient (Wildman–Crippen LogP) is 10.9. The number of hydrogen-bond acceptors (Lipinski definition) is 1. The molecule has 0 aromatic heterocycles. The van der Waals surface area contributed by atoms with Gasteiger partial charge in [0.05, 0.1) is 16.1 Å². The van der Waals surface area contributed by atoms with Crippen molar-refractivity contribution in [3.05, 3.63) is 75.9 Å². The molecule has 0 spiro atoms. The van der Waals surface area contributed by atoms with Crippen LogP contribution >= 0.6 is 0 Å². The van der Waals surface area contributed by atoms with Gasteiger partial charge in [-0.1, -0.05) is 95.5 Å². The second-order valence-corrected chi connectivity index (χ2v) is 26.7. The van der Waals surface area contributed by atoms with Crippen molar-refractivity contribution in [2.24, 2.45) is 0 Å². The third kappa shape index (κ3) is 11.6. The minimum atomic E-state index is -1.73. The molecule has 4 heteroatoms. The van der Waals surface area contributed by atoms with E-state index in [1.54, 1.807) is 0 Å². The van der Waals surface area contributed by atoms with Gasteiger partial charge in [-0.05, 0) is 66.4 Å². The Balaban J connectivity index is 5.88. The average Bonchev–Trinajstić information content (AvgIpc) is 2.79. The van der Waals surface area contributed by atoms with Crippen molar-refractivity contribution in [3.8, 4) is 0 Å². The maximum Gasteiger partial charge on any atom is 0.131 e. The van der Waals surface area contributed by atoms with Crippen LogP contribution in [0.25, 0.3) is 0 Å². The summed E-state index contributed by atoms with van der Waals surface area (Å²) in [7, 11) is -4.68. The van der Waals surface area contributed by atoms with Crippen LogP contribution in [0, 0.1) is 0 Å². The fourth-order valence-electron chi connectivity index (χ4n) is 6.30. The summed E-state index contributed by atoms with van der Waals surface area (Å²) < 4.78 is 0. The van der Waals surface area contributed by atoms with Gasteiger partial charge >= 0.3 is 0 Å². The Kier molecular flexibility index (Phi) is 17.8. The summed E-state index contributed by atoms with van der Waals surface area (Å²) in [6.45, 7) is 35.7. The van der Waals surface area contributed by atoms with Gasteiger partial charge in [-0.2, -0.15) is 0 Å². The molecule has 0 aromatic rings. The highest BCUT2D eigenvalue weighted by molar-refractivity contribution is 6.83. The summed E-state index contributed by atoms with van der Waals surface area (Å²) in [6.07, 6.45) is 18.2. The molecule has 1 nitrogen and oxygen atoms in total. The minimum Gasteiger partial charge on any atom is -0.337 e. The highest BCUT2D eigenvalue weighted by Crippen LogP contribution is 2.44. The maximum absolute atomic E-state index is 4.29. The van der Waals surface area contributed by atoms with Gasteiger partial charge < -0.3 is 4.98 Å². The van der Waals surface area contributed by atoms with E-state index in [0.717, 1.165) is 0 Å². The molecule has 0 radical (unpaired) electrons. The summed E-state index contributed by atoms with van der Waals surface area (Å²) in [6, 6.07) is 12.5. The van der Waals surface area contributed by atoms with Crippen LogP contribution in [-0.4, -0.2) is 30.9 Å². The lowest BCUT2D eigenvalue weighted by Gasteiger charge is -2.45. The van der Waals surface area contributed by atoms with E-state index in [1.165, 1.54) is 92.7 Å². The van der Waals surface area contributed by atoms with Crippen LogP contribution in [0.4, 0.5) is 0 Å². The normalized spacial score (nSPS) is 12.7. The van der Waals surface area contributed by atoms with E-state index < -0.39 is 24.4 Å². The predicted molar refractivity (Wildman–Crippen MR) is 178 cm³/mol. The average molecular weight is 544 g/mol. The molecule has 0 amide bonds. The molecule has 0 atom stereocenters. The second-order valence-electron chi connectivity index (χ2n) is 12.3. The van der Waals surface area contributed by atoms with Gasteiger partial charge in [0.15, 0.2) is 0 Å². The van der Waals surface area contributed by atoms with Crippen LogP contribution in [-0.2, 0) is 0 Å². The molecule has 0 aromatic carbocycles. The molecule has 1 N–H and O–H groups in total. The van der Waals surface area contributed by atoms with Crippen molar-refractivity contribution in [1.82, 2.24) is 4.98 Å². The molecule has 0 rings (SSSR count). The zero-order valence-electron chi connectivity index (χ0n) is 24.8. The molecule has 0 aliphatic carbocycles. The first-order valence-corrected chi connectivity index (χ1v) is 22.6. The lowest BCUT2D eigenvalue weighted by atomic mass is 10.2. The van der Waals surface area contributed by atoms with Crippen molar-refractivity contribution in [3.63, 3.8) is 0 Å². The zero-order chi connectivity index (χ0) is 27.6. The Bertz CT molecular complexity index is 576. The lowest BCUT2D eigenvalue weighted by molar-refractivity contribution is 0.634. The number of unbranched alkanes of at least 4 members (excludes halogenated alkanes) is 1. The van der Waals surface area contributed by atoms with Gasteiger partial charge in [0.25, 0.3) is 0 Å². The third-order valence-electron chi connectivity index (χ3n) is 8.51. The van der Waals surface area contributed by atoms with Gasteiger partial charge in [0, 0.05) is 0 Å². The Labute approximate surface area is 230 Å². The first-order chi connectivity index (χ1) is 17.1. The molecule has 0 aliphatic heterocycles. The van der Waals surface area contributed by atoms with E-state index in [0.29, 0.717) is 5.04 Å². The summed E-state index contributed by atoms with van der Waals surface area (Å²) in [5.41, 5.74) is 0. The van der Waals surface area contributed by atoms with Crippen molar-refractivity contribution in [2.75, 3.05) is 6.54 Å². The fourth-order valence-corrected chi connectivity index (χ4v) is 19.6. The molecular weight excluding hydrogens is 483 g/mol. The highest BCUT2D eigenvalue weighted by atomic mass is 28.3. The summed E-state index contributed by atoms with van der Waals surface area (Å²) >= 11 is 0. The molecule has 0 unspecified atom stereocenters. The molecule has 206 valence electrons. The monoisotopic (exact) mass is 543 g/mol. The van der Waals surface area contributed by atoms with E-state index in [4.69, 9.17) is 0 Å². The molecule has 0 bridgehead atoms. The first-order valence-electron chi connectivity index (χ1n) is 14.5. The number of rotatable bonds is 24. The van der Waals surface area contributed by atoms with Gasteiger partial charge in [-0.15, -0.1) is 39.5 Å². The SMILES string of the molecule is C=CC[Si](CC=C)(CC=C)CCC[Si](CCC[Si](CC=C)(CC=C)CC=C)(NCCCC)C(C)(C)C. The quantitative estimate of drug-likeness (QED) is 0.0725. The molecule has 0 fully saturated rings. The minimum absolute atomic E-state index is 0.333. The van der Waals surface area contributed by atoms with E-state index >= 15 is 0 Å². The first kappa shape index (κ1) is 35.1. The van der Waals surface area contributed by atoms with Crippen molar-refractivity contribution < 1.29 is 0 Å². The van der Waals surface area contributed by atoms with E-state index in [1.807, 2.05) is 0 Å². The molecule has 0 saturated heterocycles. The Morgan fingerprint density at radius 3 is 1.14 bits per heavy atom. The van der Waals surface area contributed by atoms with Crippen molar-refractivity contribution in [1.29, 1.82) is 0 Å². The Morgan fingerprint density at radius 1 is 0.556 bits per heavy atom. The topological polar surface area (TPSA) is 12.0 Å². The zero-order valence-corrected chi connectivity index (χ0v) is 27.8. The number of nitrogens with one attached hydrogen (secondary N) is 1. The van der Waals surface area contributed by atoms with Gasteiger partial charge in [-0.3, -0.25) is 0 Å². The molecule has 36 heavy (non-hydrogen) atoms. The standard InChI is InChI=1S/C32H61NSi3/c1-11-18-21-33-36(32(8,9)10,30-19-28-34(22-12-2,23-13-3)24-14-4)31-20-29-35(25-15-5,26-16-6)27-17-7/h12-17,33H,2-7,11,18-31H2,1,8-10H3. The second kappa shape index (κ2) is 18.3. The largest absolute Gasteiger partial charge is 0.337 e. The number of allylic oxidation sites excluding steroid dienone is 6. The van der Waals surface area contributed by atoms with Crippen LogP contribution < -0.4 is 4.98 Å². The van der Waals surface area contributed by atoms with Crippen molar-refractivity contribution >= 4 is 24.4 Å². The Hall–Kier alpha value is -0.949. The van der Waals surface area contributed by atoms with Crippen LogP contribution in [0.2, 0.25) is 65.5 Å². The Morgan fingerprint density at radius 2 is 0.889 bits per heavy atom. The van der Waals surface area contributed by atoms with Crippen LogP contribution in [0.5, 0.6) is 0 Å². The van der Waals surface area contributed by atoms with Crippen molar-refractivity contribution in [2.45, 2.75) is 119 Å². The lowest BCUT2D eigenvalue weighted by Crippen LogP contribution is -2.57. The number of hydrogen-bond donors (Lipinski definition) is 1. The summed E-state index contributed by atoms with van der Waals surface area (Å²) in [4.78, 5) is 4.29. The molecule has 0 heterocycles. The van der Waals surface area contributed by atoms with Gasteiger partial charge in [0.2, 0.25) is 0 Å². The van der Waals surface area contributed by atoms with E-state index in [2.05, 4.69) is 109 Å². The van der Waals surface area contributed by atoms with E-state index in [9.17, 15) is 0 Å². The smallest absolute Gasteiger partial charge is 0.131 e. The molecular formula is C32H61NSi3. The highest BCUT2D eigenvalue weighted by Gasteiger charge is 2.44. The molecule has 0 aliphatic rings. The third-order valence-corrected chi connectivity index (χ3v) is 24.5. The summed E-state index contributed by atoms with van der Waals surface area (Å²) in [5, 5.41) is 0.333. The van der Waals surface area contributed by atoms with E-state index in [-0.39, 0.29) is 0 Å². The van der Waals surface area contributed by atoms with Crippen LogP contribution in [0.15, 0.2) is 75.9 Å². The van der Waals surface area contributed by atoms with Gasteiger partial charge in [0.1, 0.15) is 8.24 Å². The molecule has 0 saturated carbocycles. The van der Waals surface area contributed by atoms with Gasteiger partial charge in [-0.25, -0.2) is 0 Å².